The van der Waals surface area contributed by atoms with E-state index >= 15 is 0 Å². The first-order valence-corrected chi connectivity index (χ1v) is 11.1. The Kier molecular flexibility index (Phi) is 5.87. The molecule has 5 rings (SSSR count). The van der Waals surface area contributed by atoms with E-state index in [0.29, 0.717) is 0 Å². The van der Waals surface area contributed by atoms with E-state index in [2.05, 4.69) is 10.3 Å². The number of hydrogen-bond acceptors (Lipinski definition) is 4. The van der Waals surface area contributed by atoms with E-state index in [1.807, 2.05) is 0 Å². The third kappa shape index (κ3) is 4.23. The summed E-state index contributed by atoms with van der Waals surface area (Å²) in [7, 11) is 0. The van der Waals surface area contributed by atoms with Gasteiger partial charge in [-0.2, -0.15) is 26.3 Å². The van der Waals surface area contributed by atoms with Gasteiger partial charge in [-0.1, -0.05) is 0 Å². The molecular formula is C25H17F6N3O4. The number of carbonyl (C=O) groups is 2. The minimum atomic E-state index is -4.74. The van der Waals surface area contributed by atoms with E-state index in [1.165, 1.54) is 17.0 Å². The topological polar surface area (TPSA) is 107 Å². The Labute approximate surface area is 209 Å². The second-order valence-electron chi connectivity index (χ2n) is 8.75. The fraction of sp³-hybridized carbons (Fsp3) is 0.200. The van der Waals surface area contributed by atoms with E-state index in [0.717, 1.165) is 36.4 Å². The van der Waals surface area contributed by atoms with Crippen LogP contribution in [0.5, 0.6) is 0 Å². The molecule has 2 aromatic carbocycles. The fourth-order valence-electron chi connectivity index (χ4n) is 4.58. The Morgan fingerprint density at radius 2 is 1.42 bits per heavy atom. The highest BCUT2D eigenvalue weighted by atomic mass is 19.4. The van der Waals surface area contributed by atoms with E-state index in [-0.39, 0.29) is 50.6 Å². The largest absolute Gasteiger partial charge is 0.416 e. The number of aromatic nitrogens is 2. The minimum Gasteiger partial charge on any atom is -0.394 e. The number of aliphatic hydroxyl groups is 2. The van der Waals surface area contributed by atoms with Crippen LogP contribution in [0.4, 0.5) is 26.3 Å². The normalized spacial score (nSPS) is 15.7. The van der Waals surface area contributed by atoms with Crippen molar-refractivity contribution in [1.29, 1.82) is 0 Å². The summed E-state index contributed by atoms with van der Waals surface area (Å²) in [4.78, 5) is 28.6. The van der Waals surface area contributed by atoms with Gasteiger partial charge < -0.3 is 19.8 Å². The zero-order chi connectivity index (χ0) is 27.6. The summed E-state index contributed by atoms with van der Waals surface area (Å²) >= 11 is 0. The van der Waals surface area contributed by atoms with Crippen LogP contribution in [0.2, 0.25) is 0 Å². The zero-order valence-corrected chi connectivity index (χ0v) is 19.0. The lowest BCUT2D eigenvalue weighted by atomic mass is 9.94. The van der Waals surface area contributed by atoms with Gasteiger partial charge in [-0.15, -0.1) is 0 Å². The summed E-state index contributed by atoms with van der Waals surface area (Å²) in [6.07, 6.45) is -8.22. The lowest BCUT2D eigenvalue weighted by Gasteiger charge is -2.11. The molecule has 1 aliphatic heterocycles. The molecule has 198 valence electrons. The number of alkyl halides is 6. The summed E-state index contributed by atoms with van der Waals surface area (Å²) in [6.45, 7) is -0.905. The van der Waals surface area contributed by atoms with Gasteiger partial charge in [0.15, 0.2) is 0 Å². The number of aromatic amines is 1. The van der Waals surface area contributed by atoms with Crippen LogP contribution >= 0.6 is 0 Å². The Balaban J connectivity index is 1.81. The average molecular weight is 537 g/mol. The van der Waals surface area contributed by atoms with Crippen molar-refractivity contribution in [1.82, 2.24) is 14.9 Å². The highest BCUT2D eigenvalue weighted by Crippen LogP contribution is 2.41. The maximum absolute atomic E-state index is 13.5. The van der Waals surface area contributed by atoms with E-state index in [1.54, 1.807) is 0 Å². The Morgan fingerprint density at radius 3 is 2.03 bits per heavy atom. The summed E-state index contributed by atoms with van der Waals surface area (Å²) in [5, 5.41) is 21.2. The van der Waals surface area contributed by atoms with Gasteiger partial charge >= 0.3 is 12.4 Å². The molecule has 3 heterocycles. The minimum absolute atomic E-state index is 0.0207. The number of nitrogens with zero attached hydrogens (tertiary/aromatic N) is 1. The third-order valence-corrected chi connectivity index (χ3v) is 6.31. The molecule has 1 unspecified atom stereocenters. The lowest BCUT2D eigenvalue weighted by molar-refractivity contribution is -0.138. The predicted molar refractivity (Wildman–Crippen MR) is 123 cm³/mol. The quantitative estimate of drug-likeness (QED) is 0.227. The number of hydrogen-bond donors (Lipinski definition) is 4. The molecule has 1 aliphatic rings. The van der Waals surface area contributed by atoms with Crippen LogP contribution in [0.1, 0.15) is 22.3 Å². The number of halogens is 6. The highest BCUT2D eigenvalue weighted by molar-refractivity contribution is 6.50. The van der Waals surface area contributed by atoms with E-state index in [9.17, 15) is 46.1 Å². The van der Waals surface area contributed by atoms with Gasteiger partial charge in [0.25, 0.3) is 11.8 Å². The van der Waals surface area contributed by atoms with Crippen LogP contribution in [0.25, 0.3) is 33.0 Å². The monoisotopic (exact) mass is 537 g/mol. The number of imide groups is 1. The molecule has 2 amide bonds. The molecule has 38 heavy (non-hydrogen) atoms. The maximum Gasteiger partial charge on any atom is 0.416 e. The Hall–Kier alpha value is -4.10. The molecule has 7 nitrogen and oxygen atoms in total. The van der Waals surface area contributed by atoms with Crippen LogP contribution < -0.4 is 5.32 Å². The van der Waals surface area contributed by atoms with Crippen molar-refractivity contribution in [2.45, 2.75) is 25.0 Å². The fourth-order valence-corrected chi connectivity index (χ4v) is 4.58. The molecule has 0 radical (unpaired) electrons. The smallest absolute Gasteiger partial charge is 0.394 e. The molecule has 0 fully saturated rings. The van der Waals surface area contributed by atoms with Gasteiger partial charge in [-0.05, 0) is 36.4 Å². The van der Waals surface area contributed by atoms with Gasteiger partial charge in [-0.3, -0.25) is 14.9 Å². The summed E-state index contributed by atoms with van der Waals surface area (Å²) in [5.74, 6) is -1.89. The molecule has 4 N–H and O–H groups in total. The molecule has 2 aromatic heterocycles. The van der Waals surface area contributed by atoms with Crippen molar-refractivity contribution >= 4 is 44.8 Å². The molecule has 4 aromatic rings. The lowest BCUT2D eigenvalue weighted by Crippen LogP contribution is -2.22. The van der Waals surface area contributed by atoms with E-state index < -0.39 is 48.0 Å². The number of aliphatic hydroxyl groups excluding tert-OH is 2. The van der Waals surface area contributed by atoms with Crippen molar-refractivity contribution in [2.24, 2.45) is 0 Å². The number of nitrogens with one attached hydrogen (secondary N) is 2. The zero-order valence-electron chi connectivity index (χ0n) is 19.0. The first-order chi connectivity index (χ1) is 17.8. The average Bonchev–Trinajstić information content (AvgIpc) is 3.49. The summed E-state index contributed by atoms with van der Waals surface area (Å²) < 4.78 is 82.0. The molecular weight excluding hydrogens is 520 g/mol. The summed E-state index contributed by atoms with van der Waals surface area (Å²) in [6, 6.07) is 5.53. The molecule has 0 bridgehead atoms. The molecule has 0 spiro atoms. The van der Waals surface area contributed by atoms with Crippen LogP contribution in [0.15, 0.2) is 48.8 Å². The van der Waals surface area contributed by atoms with Gasteiger partial charge in [0.2, 0.25) is 0 Å². The van der Waals surface area contributed by atoms with Crippen molar-refractivity contribution in [3.05, 3.63) is 71.0 Å². The molecule has 1 atom stereocenters. The van der Waals surface area contributed by atoms with Crippen LogP contribution in [-0.2, 0) is 28.5 Å². The molecule has 0 saturated heterocycles. The number of fused-ring (bicyclic) bond motifs is 2. The van der Waals surface area contributed by atoms with Gasteiger partial charge in [0.05, 0.1) is 41.5 Å². The number of carbonyl (C=O) groups excluding carboxylic acids is 2. The standard InChI is InChI=1S/C25H17F6N3O4/c26-24(27,28)11-1-3-18-14(5-11)16(7-32-18)20-21(23(38)33-22(20)37)17-9-34(8-13(36)10-35)19-4-2-12(6-15(17)19)25(29,30)31/h1-7,9,13,32,35-36H,8,10H2,(H,33,37,38). The van der Waals surface area contributed by atoms with Gasteiger partial charge in [0, 0.05) is 45.3 Å². The van der Waals surface area contributed by atoms with Crippen molar-refractivity contribution in [2.75, 3.05) is 6.61 Å². The van der Waals surface area contributed by atoms with Crippen LogP contribution in [-0.4, -0.2) is 44.3 Å². The highest BCUT2D eigenvalue weighted by Gasteiger charge is 2.37. The molecule has 0 aliphatic carbocycles. The van der Waals surface area contributed by atoms with Crippen LogP contribution in [0.3, 0.4) is 0 Å². The second kappa shape index (κ2) is 8.74. The second-order valence-corrected chi connectivity index (χ2v) is 8.75. The summed E-state index contributed by atoms with van der Waals surface area (Å²) in [5.41, 5.74) is -2.45. The first-order valence-electron chi connectivity index (χ1n) is 11.1. The SMILES string of the molecule is O=C1NC(=O)C(c2cn(CC(O)CO)c3ccc(C(F)(F)F)cc23)=C1c1c[nH]c2ccc(C(F)(F)F)cc12. The predicted octanol–water partition coefficient (Wildman–Crippen LogP) is 4.08. The number of H-pyrrole nitrogens is 1. The van der Waals surface area contributed by atoms with Crippen molar-refractivity contribution < 1.29 is 46.1 Å². The third-order valence-electron chi connectivity index (χ3n) is 6.31. The van der Waals surface area contributed by atoms with Crippen LogP contribution in [0, 0.1) is 0 Å². The van der Waals surface area contributed by atoms with Crippen molar-refractivity contribution in [3.63, 3.8) is 0 Å². The van der Waals surface area contributed by atoms with Gasteiger partial charge in [0.1, 0.15) is 0 Å². The Bertz CT molecular complexity index is 1640. The number of amides is 2. The molecule has 13 heteroatoms. The number of rotatable bonds is 5. The Morgan fingerprint density at radius 1 is 0.842 bits per heavy atom. The molecule has 0 saturated carbocycles. The first kappa shape index (κ1) is 25.5. The number of benzene rings is 2. The van der Waals surface area contributed by atoms with E-state index in [4.69, 9.17) is 0 Å². The maximum atomic E-state index is 13.5. The van der Waals surface area contributed by atoms with Gasteiger partial charge in [-0.25, -0.2) is 0 Å². The van der Waals surface area contributed by atoms with Crippen molar-refractivity contribution in [3.8, 4) is 0 Å².